The monoisotopic (exact) mass is 994 g/mol. The summed E-state index contributed by atoms with van der Waals surface area (Å²) in [6.07, 6.45) is -0.922. The second-order valence-corrected chi connectivity index (χ2v) is 16.1. The number of guanidine groups is 1. The molecule has 29 heteroatoms. The van der Waals surface area contributed by atoms with Crippen LogP contribution < -0.4 is 43.4 Å². The molecule has 0 unspecified atom stereocenters. The summed E-state index contributed by atoms with van der Waals surface area (Å²) < 4.78 is 0. The minimum absolute atomic E-state index is 0.0232. The molecule has 0 spiro atoms. The Balaban J connectivity index is 2.36. The summed E-state index contributed by atoms with van der Waals surface area (Å²) >= 11 is 0. The average Bonchev–Trinajstić information content (AvgIpc) is 3.25. The van der Waals surface area contributed by atoms with Crippen molar-refractivity contribution in [2.45, 2.75) is 69.1 Å². The molecule has 0 aromatic heterocycles. The summed E-state index contributed by atoms with van der Waals surface area (Å²) in [6.45, 7) is -4.20. The zero-order valence-corrected chi connectivity index (χ0v) is 38.2. The highest BCUT2D eigenvalue weighted by Crippen LogP contribution is 2.13. The number of amides is 6. The molecule has 0 aliphatic carbocycles. The van der Waals surface area contributed by atoms with Gasteiger partial charge >= 0.3 is 29.8 Å². The summed E-state index contributed by atoms with van der Waals surface area (Å²) in [6, 6.07) is -0.431. The Hall–Kier alpha value is -7.66. The molecule has 1 aliphatic heterocycles. The summed E-state index contributed by atoms with van der Waals surface area (Å²) in [4.78, 5) is 146. The Morgan fingerprint density at radius 3 is 1.57 bits per heavy atom. The number of aliphatic carboxylic acids is 5. The number of aromatic hydroxyl groups is 1. The molecule has 1 aliphatic rings. The number of nitrogens with one attached hydrogen (secondary N) is 6. The summed E-state index contributed by atoms with van der Waals surface area (Å²) in [5.74, 6) is -12.4. The standard InChI is InChI=1S/C41H62N12O17/c42-41(43)45-11-3-5-26-37(67)46-18-30(55)47-29(17-32(57)58)40(70)50-28(16-24-6-8-25(54)9-7-24)39(69)49-27(38(68)48-26)4-1-2-10-44-31(56)19-51(12-14-52(20-33(59)60)21-34(61)62)13-15-53(22-35(63)64)23-36(65)66/h6-9,26-29,54H,1-5,10-23H2,(H,44,56)(H,46,67)(H,47,55)(H,48,68)(H,49,69)(H,50,70)(H,57,58)(H,59,60)(H,61,62)(H,63,64)(H,65,66)(H4,42,43,45)/t26-,27-,28+,29-/m0/s1. The number of rotatable bonds is 29. The summed E-state index contributed by atoms with van der Waals surface area (Å²) in [5.41, 5.74) is 11.2. The molecule has 0 radical (unpaired) electrons. The van der Waals surface area contributed by atoms with Gasteiger partial charge in [-0.3, -0.25) is 72.4 Å². The minimum atomic E-state index is -1.72. The van der Waals surface area contributed by atoms with Crippen LogP contribution in [-0.2, 0) is 59.2 Å². The lowest BCUT2D eigenvalue weighted by Gasteiger charge is -2.28. The number of aliphatic imine (C=N–C) groups is 1. The number of benzene rings is 1. The minimum Gasteiger partial charge on any atom is -0.508 e. The molecule has 4 atom stereocenters. The van der Waals surface area contributed by atoms with E-state index in [1.807, 2.05) is 0 Å². The van der Waals surface area contributed by atoms with Gasteiger partial charge in [0.25, 0.3) is 0 Å². The van der Waals surface area contributed by atoms with E-state index in [4.69, 9.17) is 11.5 Å². The maximum atomic E-state index is 14.1. The number of unbranched alkanes of at least 4 members (excludes halogenated alkanes) is 1. The first-order valence-corrected chi connectivity index (χ1v) is 21.8. The second-order valence-electron chi connectivity index (χ2n) is 16.1. The number of phenols is 1. The van der Waals surface area contributed by atoms with Gasteiger partial charge < -0.3 is 74.0 Å². The first kappa shape index (κ1) is 58.5. The van der Waals surface area contributed by atoms with Crippen molar-refractivity contribution in [2.75, 3.05) is 78.5 Å². The topological polar surface area (TPSA) is 455 Å². The number of nitrogens with zero attached hydrogens (tertiary/aromatic N) is 4. The van der Waals surface area contributed by atoms with Gasteiger partial charge in [0.15, 0.2) is 5.96 Å². The molecule has 16 N–H and O–H groups in total. The molecule has 70 heavy (non-hydrogen) atoms. The molecule has 29 nitrogen and oxygen atoms in total. The molecule has 1 aromatic rings. The average molecular weight is 995 g/mol. The third-order valence-corrected chi connectivity index (χ3v) is 10.2. The van der Waals surface area contributed by atoms with Crippen LogP contribution in [0.3, 0.4) is 0 Å². The third kappa shape index (κ3) is 24.9. The first-order valence-electron chi connectivity index (χ1n) is 21.8. The molecule has 1 saturated heterocycles. The van der Waals surface area contributed by atoms with Crippen LogP contribution in [0.4, 0.5) is 0 Å². The number of hydrogen-bond acceptors (Lipinski definition) is 16. The van der Waals surface area contributed by atoms with Gasteiger partial charge in [0.1, 0.15) is 29.9 Å². The highest BCUT2D eigenvalue weighted by molar-refractivity contribution is 5.98. The van der Waals surface area contributed by atoms with Crippen molar-refractivity contribution in [3.8, 4) is 5.75 Å². The van der Waals surface area contributed by atoms with Crippen LogP contribution in [0.5, 0.6) is 5.75 Å². The number of hydrogen-bond donors (Lipinski definition) is 14. The van der Waals surface area contributed by atoms with E-state index in [1.54, 1.807) is 0 Å². The molecule has 1 aromatic carbocycles. The molecular weight excluding hydrogens is 933 g/mol. The van der Waals surface area contributed by atoms with Gasteiger partial charge in [-0.25, -0.2) is 0 Å². The van der Waals surface area contributed by atoms with Gasteiger partial charge in [-0.2, -0.15) is 0 Å². The van der Waals surface area contributed by atoms with E-state index in [0.717, 1.165) is 9.80 Å². The zero-order chi connectivity index (χ0) is 52.3. The van der Waals surface area contributed by atoms with Gasteiger partial charge in [0.05, 0.1) is 45.7 Å². The normalized spacial score (nSPS) is 18.0. The fraction of sp³-hybridized carbons (Fsp3) is 0.561. The number of phenolic OH excluding ortho intramolecular Hbond substituents is 1. The Morgan fingerprint density at radius 1 is 0.586 bits per heavy atom. The molecule has 1 heterocycles. The Morgan fingerprint density at radius 2 is 1.06 bits per heavy atom. The highest BCUT2D eigenvalue weighted by atomic mass is 16.4. The molecule has 0 bridgehead atoms. The van der Waals surface area contributed by atoms with Crippen LogP contribution in [-0.4, -0.2) is 219 Å². The van der Waals surface area contributed by atoms with E-state index in [0.29, 0.717) is 5.56 Å². The number of nitrogens with two attached hydrogens (primary N) is 2. The van der Waals surface area contributed by atoms with Crippen molar-refractivity contribution in [1.29, 1.82) is 0 Å². The van der Waals surface area contributed by atoms with Crippen LogP contribution in [0.2, 0.25) is 0 Å². The van der Waals surface area contributed by atoms with Crippen molar-refractivity contribution in [2.24, 2.45) is 16.5 Å². The molecule has 388 valence electrons. The summed E-state index contributed by atoms with van der Waals surface area (Å²) in [7, 11) is 0. The van der Waals surface area contributed by atoms with Crippen molar-refractivity contribution in [3.63, 3.8) is 0 Å². The number of carbonyl (C=O) groups excluding carboxylic acids is 6. The van der Waals surface area contributed by atoms with E-state index in [1.165, 1.54) is 29.2 Å². The highest BCUT2D eigenvalue weighted by Gasteiger charge is 2.33. The van der Waals surface area contributed by atoms with Crippen LogP contribution >= 0.6 is 0 Å². The van der Waals surface area contributed by atoms with Crippen molar-refractivity contribution >= 4 is 71.2 Å². The van der Waals surface area contributed by atoms with Crippen LogP contribution in [0.15, 0.2) is 29.3 Å². The van der Waals surface area contributed by atoms with Gasteiger partial charge in [0, 0.05) is 45.7 Å². The quantitative estimate of drug-likeness (QED) is 0.0202. The Labute approximate surface area is 400 Å². The van der Waals surface area contributed by atoms with Crippen LogP contribution in [0.1, 0.15) is 44.1 Å². The summed E-state index contributed by atoms with van der Waals surface area (Å²) in [5, 5.41) is 71.2. The van der Waals surface area contributed by atoms with Gasteiger partial charge in [-0.15, -0.1) is 0 Å². The fourth-order valence-corrected chi connectivity index (χ4v) is 6.84. The SMILES string of the molecule is NC(N)=NCCC[C@@H]1NC(=O)[C@H](CCCCNC(=O)CN(CCN(CC(=O)O)CC(=O)O)CCN(CC(=O)O)CC(=O)O)NC(=O)[C@@H](Cc2ccc(O)cc2)NC(=O)[C@H](CC(=O)O)NC(=O)CNC1=O. The second kappa shape index (κ2) is 30.7. The Bertz CT molecular complexity index is 1960. The molecule has 1 fully saturated rings. The first-order chi connectivity index (χ1) is 33.0. The van der Waals surface area contributed by atoms with E-state index in [-0.39, 0.29) is 96.0 Å². The van der Waals surface area contributed by atoms with Crippen LogP contribution in [0.25, 0.3) is 0 Å². The van der Waals surface area contributed by atoms with Crippen molar-refractivity contribution < 1.29 is 83.4 Å². The third-order valence-electron chi connectivity index (χ3n) is 10.2. The van der Waals surface area contributed by atoms with Gasteiger partial charge in [-0.05, 0) is 49.8 Å². The van der Waals surface area contributed by atoms with Crippen molar-refractivity contribution in [1.82, 2.24) is 46.6 Å². The predicted molar refractivity (Wildman–Crippen MR) is 241 cm³/mol. The maximum absolute atomic E-state index is 14.1. The number of carboxylic acid groups (broad SMARTS) is 5. The van der Waals surface area contributed by atoms with E-state index in [9.17, 15) is 83.4 Å². The van der Waals surface area contributed by atoms with E-state index < -0.39 is 129 Å². The Kier molecular flexibility index (Phi) is 25.6. The van der Waals surface area contributed by atoms with Gasteiger partial charge in [0.2, 0.25) is 35.4 Å². The van der Waals surface area contributed by atoms with E-state index >= 15 is 0 Å². The number of carboxylic acids is 5. The van der Waals surface area contributed by atoms with E-state index in [2.05, 4.69) is 36.9 Å². The maximum Gasteiger partial charge on any atom is 0.317 e. The van der Waals surface area contributed by atoms with Gasteiger partial charge in [-0.1, -0.05) is 12.1 Å². The lowest BCUT2D eigenvalue weighted by Crippen LogP contribution is -2.58. The molecule has 0 saturated carbocycles. The smallest absolute Gasteiger partial charge is 0.317 e. The molecule has 6 amide bonds. The molecule has 2 rings (SSSR count). The largest absolute Gasteiger partial charge is 0.508 e. The van der Waals surface area contributed by atoms with Crippen molar-refractivity contribution in [3.05, 3.63) is 29.8 Å². The predicted octanol–water partition coefficient (Wildman–Crippen LogP) is -5.94. The fourth-order valence-electron chi connectivity index (χ4n) is 6.84. The number of carbonyl (C=O) groups is 11. The zero-order valence-electron chi connectivity index (χ0n) is 38.2. The lowest BCUT2D eigenvalue weighted by atomic mass is 10.0. The van der Waals surface area contributed by atoms with Crippen LogP contribution in [0, 0.1) is 0 Å². The lowest BCUT2D eigenvalue weighted by molar-refractivity contribution is -0.143. The molecular formula is C41H62N12O17.